The topological polar surface area (TPSA) is 50.4 Å². The Hall–Kier alpha value is -0.280. The Morgan fingerprint density at radius 1 is 2.00 bits per heavy atom. The highest BCUT2D eigenvalue weighted by molar-refractivity contribution is 6.64. The van der Waals surface area contributed by atoms with Crippen LogP contribution in [0.1, 0.15) is 0 Å². The second-order valence-electron chi connectivity index (χ2n) is 0.993. The molecule has 0 fully saturated rings. The Labute approximate surface area is 47.6 Å². The Morgan fingerprint density at radius 3 is 2.71 bits per heavy atom. The van der Waals surface area contributed by atoms with E-state index in [2.05, 4.69) is 10.3 Å². The first-order valence-corrected chi connectivity index (χ1v) is 2.25. The molecule has 0 aromatic rings. The SMILES string of the molecule is CNC/N=C(\N)Cl. The van der Waals surface area contributed by atoms with E-state index in [1.807, 2.05) is 0 Å². The zero-order valence-electron chi connectivity index (χ0n) is 4.11. The van der Waals surface area contributed by atoms with Gasteiger partial charge in [0, 0.05) is 0 Å². The van der Waals surface area contributed by atoms with Gasteiger partial charge in [0.2, 0.25) is 0 Å². The van der Waals surface area contributed by atoms with E-state index in [1.165, 1.54) is 0 Å². The number of rotatable bonds is 2. The molecule has 0 heterocycles. The molecule has 4 heteroatoms. The third kappa shape index (κ3) is 5.72. The lowest BCUT2D eigenvalue weighted by Gasteiger charge is -1.86. The standard InChI is InChI=1S/C3H8ClN3/c1-6-2-7-3(4)5/h6H,2H2,1H3,(H2,5,7). The summed E-state index contributed by atoms with van der Waals surface area (Å²) in [6.45, 7) is 0.481. The molecule has 0 aliphatic heterocycles. The molecule has 0 radical (unpaired) electrons. The molecule has 3 nitrogen and oxygen atoms in total. The number of hydrogen-bond acceptors (Lipinski definition) is 2. The number of nitrogens with two attached hydrogens (primary N) is 1. The molecule has 7 heavy (non-hydrogen) atoms. The number of halogens is 1. The molecule has 0 aromatic carbocycles. The second-order valence-corrected chi connectivity index (χ2v) is 1.38. The fraction of sp³-hybridized carbons (Fsp3) is 0.667. The average Bonchev–Trinajstić information content (AvgIpc) is 1.61. The van der Waals surface area contributed by atoms with Gasteiger partial charge in [0.1, 0.15) is 0 Å². The minimum atomic E-state index is 0.0920. The molecule has 0 rings (SSSR count). The zero-order chi connectivity index (χ0) is 5.70. The van der Waals surface area contributed by atoms with Crippen molar-refractivity contribution in [2.24, 2.45) is 10.7 Å². The van der Waals surface area contributed by atoms with Gasteiger partial charge in [-0.05, 0) is 18.6 Å². The van der Waals surface area contributed by atoms with Crippen molar-refractivity contribution >= 4 is 16.9 Å². The van der Waals surface area contributed by atoms with E-state index in [1.54, 1.807) is 7.05 Å². The van der Waals surface area contributed by atoms with Gasteiger partial charge in [0.15, 0.2) is 5.29 Å². The van der Waals surface area contributed by atoms with Gasteiger partial charge in [0.05, 0.1) is 6.67 Å². The van der Waals surface area contributed by atoms with Crippen molar-refractivity contribution in [2.75, 3.05) is 13.7 Å². The summed E-state index contributed by atoms with van der Waals surface area (Å²) in [5.74, 6) is 0. The maximum Gasteiger partial charge on any atom is 0.189 e. The highest BCUT2D eigenvalue weighted by atomic mass is 35.5. The van der Waals surface area contributed by atoms with Gasteiger partial charge in [-0.3, -0.25) is 0 Å². The number of nitrogens with zero attached hydrogens (tertiary/aromatic N) is 1. The van der Waals surface area contributed by atoms with Crippen molar-refractivity contribution in [3.05, 3.63) is 0 Å². The first-order chi connectivity index (χ1) is 3.27. The van der Waals surface area contributed by atoms with Crippen molar-refractivity contribution in [1.82, 2.24) is 5.32 Å². The normalized spacial score (nSPS) is 12.0. The number of nitrogens with one attached hydrogen (secondary N) is 1. The van der Waals surface area contributed by atoms with E-state index in [4.69, 9.17) is 17.3 Å². The predicted molar refractivity (Wildman–Crippen MR) is 31.4 cm³/mol. The van der Waals surface area contributed by atoms with Gasteiger partial charge >= 0.3 is 0 Å². The summed E-state index contributed by atoms with van der Waals surface area (Å²) in [6.07, 6.45) is 0. The molecule has 0 aliphatic carbocycles. The van der Waals surface area contributed by atoms with Gasteiger partial charge in [-0.15, -0.1) is 0 Å². The molecule has 0 saturated heterocycles. The highest BCUT2D eigenvalue weighted by Gasteiger charge is 1.75. The molecule has 0 aromatic heterocycles. The van der Waals surface area contributed by atoms with E-state index in [9.17, 15) is 0 Å². The molecule has 0 unspecified atom stereocenters. The molecule has 42 valence electrons. The van der Waals surface area contributed by atoms with Crippen LogP contribution < -0.4 is 11.1 Å². The third-order valence-corrected chi connectivity index (χ3v) is 0.508. The zero-order valence-corrected chi connectivity index (χ0v) is 4.87. The van der Waals surface area contributed by atoms with Gasteiger partial charge in [-0.2, -0.15) is 0 Å². The molecule has 0 saturated carbocycles. The molecule has 0 bridgehead atoms. The smallest absolute Gasteiger partial charge is 0.189 e. The van der Waals surface area contributed by atoms with Gasteiger partial charge < -0.3 is 11.1 Å². The largest absolute Gasteiger partial charge is 0.374 e. The third-order valence-electron chi connectivity index (χ3n) is 0.388. The maximum absolute atomic E-state index is 5.14. The Kier molecular flexibility index (Phi) is 3.74. The van der Waals surface area contributed by atoms with E-state index in [-0.39, 0.29) is 5.29 Å². The molecule has 0 spiro atoms. The minimum absolute atomic E-state index is 0.0920. The molecule has 0 atom stereocenters. The first-order valence-electron chi connectivity index (χ1n) is 1.87. The highest BCUT2D eigenvalue weighted by Crippen LogP contribution is 1.71. The summed E-state index contributed by atoms with van der Waals surface area (Å²) in [4.78, 5) is 3.59. The van der Waals surface area contributed by atoms with Crippen LogP contribution in [0.5, 0.6) is 0 Å². The van der Waals surface area contributed by atoms with Crippen molar-refractivity contribution in [3.8, 4) is 0 Å². The van der Waals surface area contributed by atoms with Crippen molar-refractivity contribution in [1.29, 1.82) is 0 Å². The molecular formula is C3H8ClN3. The van der Waals surface area contributed by atoms with Crippen molar-refractivity contribution in [2.45, 2.75) is 0 Å². The predicted octanol–water partition coefficient (Wildman–Crippen LogP) is -0.283. The van der Waals surface area contributed by atoms with Crippen molar-refractivity contribution < 1.29 is 0 Å². The fourth-order valence-corrected chi connectivity index (χ4v) is 0.214. The summed E-state index contributed by atoms with van der Waals surface area (Å²) in [6, 6.07) is 0. The van der Waals surface area contributed by atoms with Crippen LogP contribution in [0.25, 0.3) is 0 Å². The van der Waals surface area contributed by atoms with Crippen LogP contribution in [0, 0.1) is 0 Å². The molecular weight excluding hydrogens is 114 g/mol. The molecule has 0 aliphatic rings. The summed E-state index contributed by atoms with van der Waals surface area (Å²) in [7, 11) is 1.77. The maximum atomic E-state index is 5.14. The van der Waals surface area contributed by atoms with Gasteiger partial charge in [0.25, 0.3) is 0 Å². The van der Waals surface area contributed by atoms with Crippen LogP contribution in [-0.2, 0) is 0 Å². The summed E-state index contributed by atoms with van der Waals surface area (Å²) in [5, 5.41) is 2.84. The van der Waals surface area contributed by atoms with E-state index >= 15 is 0 Å². The van der Waals surface area contributed by atoms with Crippen LogP contribution in [0.2, 0.25) is 0 Å². The van der Waals surface area contributed by atoms with Crippen LogP contribution in [0.15, 0.2) is 4.99 Å². The van der Waals surface area contributed by atoms with Crippen LogP contribution in [-0.4, -0.2) is 19.0 Å². The number of amidine groups is 1. The fourth-order valence-electron chi connectivity index (χ4n) is 0.155. The van der Waals surface area contributed by atoms with Crippen LogP contribution in [0.4, 0.5) is 0 Å². The van der Waals surface area contributed by atoms with Crippen molar-refractivity contribution in [3.63, 3.8) is 0 Å². The lowest BCUT2D eigenvalue weighted by Crippen LogP contribution is -2.10. The Bertz CT molecular complexity index is 66.6. The van der Waals surface area contributed by atoms with Gasteiger partial charge in [-0.1, -0.05) is 0 Å². The Balaban J connectivity index is 3.08. The average molecular weight is 122 g/mol. The molecule has 3 N–H and O–H groups in total. The van der Waals surface area contributed by atoms with E-state index < -0.39 is 0 Å². The quantitative estimate of drug-likeness (QED) is 0.300. The molecule has 0 amide bonds. The lowest BCUT2D eigenvalue weighted by molar-refractivity contribution is 0.835. The Morgan fingerprint density at radius 2 is 2.57 bits per heavy atom. The van der Waals surface area contributed by atoms with E-state index in [0.717, 1.165) is 0 Å². The monoisotopic (exact) mass is 121 g/mol. The summed E-state index contributed by atoms with van der Waals surface area (Å²) >= 11 is 5.14. The van der Waals surface area contributed by atoms with Crippen LogP contribution in [0.3, 0.4) is 0 Å². The van der Waals surface area contributed by atoms with E-state index in [0.29, 0.717) is 6.67 Å². The summed E-state index contributed by atoms with van der Waals surface area (Å²) < 4.78 is 0. The summed E-state index contributed by atoms with van der Waals surface area (Å²) in [5.41, 5.74) is 4.95. The second kappa shape index (κ2) is 3.89. The number of hydrogen-bond donors (Lipinski definition) is 2. The lowest BCUT2D eigenvalue weighted by atomic mass is 11.0. The van der Waals surface area contributed by atoms with Crippen LogP contribution >= 0.6 is 11.6 Å². The minimum Gasteiger partial charge on any atom is -0.374 e. The number of aliphatic imine (C=N–C) groups is 1. The van der Waals surface area contributed by atoms with Gasteiger partial charge in [-0.25, -0.2) is 4.99 Å². The first kappa shape index (κ1) is 6.72.